The van der Waals surface area contributed by atoms with Gasteiger partial charge in [-0.2, -0.15) is 0 Å². The second kappa shape index (κ2) is 9.04. The van der Waals surface area contributed by atoms with Crippen LogP contribution >= 0.6 is 23.2 Å². The zero-order valence-electron chi connectivity index (χ0n) is 15.5. The molecule has 1 aliphatic heterocycles. The van der Waals surface area contributed by atoms with Gasteiger partial charge in [0.2, 0.25) is 11.8 Å². The summed E-state index contributed by atoms with van der Waals surface area (Å²) in [6.07, 6.45) is 0.0244. The van der Waals surface area contributed by atoms with Crippen molar-refractivity contribution in [2.24, 2.45) is 0 Å². The van der Waals surface area contributed by atoms with Crippen LogP contribution in [0, 0.1) is 0 Å². The van der Waals surface area contributed by atoms with Crippen LogP contribution in [0.5, 0.6) is 0 Å². The summed E-state index contributed by atoms with van der Waals surface area (Å²) in [6, 6.07) is 4.48. The van der Waals surface area contributed by atoms with Crippen molar-refractivity contribution in [3.63, 3.8) is 0 Å². The Kier molecular flexibility index (Phi) is 7.29. The summed E-state index contributed by atoms with van der Waals surface area (Å²) in [6.45, 7) is 6.93. The summed E-state index contributed by atoms with van der Waals surface area (Å²) in [5.41, 5.74) is 0.563. The van der Waals surface area contributed by atoms with Crippen LogP contribution in [0.25, 0.3) is 0 Å². The van der Waals surface area contributed by atoms with Crippen LogP contribution < -0.4 is 5.32 Å². The molecule has 0 aromatic heterocycles. The molecule has 0 aliphatic carbocycles. The molecule has 1 heterocycles. The van der Waals surface area contributed by atoms with Crippen molar-refractivity contribution in [1.82, 2.24) is 9.80 Å². The van der Waals surface area contributed by atoms with E-state index >= 15 is 0 Å². The van der Waals surface area contributed by atoms with Crippen molar-refractivity contribution in [2.75, 3.05) is 32.0 Å². The number of anilines is 1. The molecule has 3 unspecified atom stereocenters. The van der Waals surface area contributed by atoms with Gasteiger partial charge in [-0.3, -0.25) is 14.5 Å². The third kappa shape index (κ3) is 5.58. The van der Waals surface area contributed by atoms with E-state index in [1.54, 1.807) is 42.0 Å². The predicted octanol–water partition coefficient (Wildman–Crippen LogP) is 2.89. The van der Waals surface area contributed by atoms with Gasteiger partial charge in [0.25, 0.3) is 0 Å². The van der Waals surface area contributed by atoms with Crippen molar-refractivity contribution in [3.05, 3.63) is 28.2 Å². The fourth-order valence-corrected chi connectivity index (χ4v) is 3.25. The van der Waals surface area contributed by atoms with E-state index in [-0.39, 0.29) is 30.6 Å². The van der Waals surface area contributed by atoms with E-state index in [0.717, 1.165) is 0 Å². The van der Waals surface area contributed by atoms with Gasteiger partial charge in [-0.25, -0.2) is 0 Å². The van der Waals surface area contributed by atoms with Gasteiger partial charge in [0, 0.05) is 18.8 Å². The highest BCUT2D eigenvalue weighted by molar-refractivity contribution is 6.42. The third-order valence-corrected chi connectivity index (χ3v) is 5.09. The number of amides is 2. The molecule has 1 fully saturated rings. The molecule has 1 aliphatic rings. The first-order valence-corrected chi connectivity index (χ1v) is 9.32. The topological polar surface area (TPSA) is 61.9 Å². The Balaban J connectivity index is 1.90. The van der Waals surface area contributed by atoms with Crippen molar-refractivity contribution >= 4 is 40.7 Å². The molecule has 3 atom stereocenters. The number of hydrogen-bond acceptors (Lipinski definition) is 4. The Bertz CT molecular complexity index is 661. The second-order valence-electron chi connectivity index (χ2n) is 6.77. The number of rotatable bonds is 5. The van der Waals surface area contributed by atoms with Gasteiger partial charge in [0.1, 0.15) is 0 Å². The first-order chi connectivity index (χ1) is 12.2. The maximum absolute atomic E-state index is 12.7. The smallest absolute Gasteiger partial charge is 0.239 e. The van der Waals surface area contributed by atoms with Crippen LogP contribution in [0.1, 0.15) is 20.8 Å². The number of benzene rings is 1. The molecule has 1 aromatic rings. The van der Waals surface area contributed by atoms with E-state index in [1.165, 1.54) is 0 Å². The van der Waals surface area contributed by atoms with Gasteiger partial charge in [-0.1, -0.05) is 23.2 Å². The van der Waals surface area contributed by atoms with Crippen molar-refractivity contribution in [3.8, 4) is 0 Å². The Morgan fingerprint density at radius 1 is 1.27 bits per heavy atom. The average Bonchev–Trinajstić information content (AvgIpc) is 2.55. The SMILES string of the molecule is CC1CN(C(=O)C(C)N(C)CC(=O)Nc2ccc(Cl)c(Cl)c2)CC(C)O1. The van der Waals surface area contributed by atoms with Crippen LogP contribution in [0.3, 0.4) is 0 Å². The van der Waals surface area contributed by atoms with Gasteiger partial charge in [-0.15, -0.1) is 0 Å². The zero-order valence-corrected chi connectivity index (χ0v) is 17.0. The number of ether oxygens (including phenoxy) is 1. The van der Waals surface area contributed by atoms with E-state index in [9.17, 15) is 9.59 Å². The summed E-state index contributed by atoms with van der Waals surface area (Å²) in [5.74, 6) is -0.230. The number of halogens is 2. The van der Waals surface area contributed by atoms with E-state index in [2.05, 4.69) is 5.32 Å². The zero-order chi connectivity index (χ0) is 19.4. The highest BCUT2D eigenvalue weighted by Crippen LogP contribution is 2.25. The minimum absolute atomic E-state index is 0.00293. The summed E-state index contributed by atoms with van der Waals surface area (Å²) < 4.78 is 5.66. The number of carbonyl (C=O) groups excluding carboxylic acids is 2. The maximum atomic E-state index is 12.7. The standard InChI is InChI=1S/C18H25Cl2N3O3/c1-11-8-23(9-12(2)26-11)18(25)13(3)22(4)10-17(24)21-14-5-6-15(19)16(20)7-14/h5-7,11-13H,8-10H2,1-4H3,(H,21,24). The van der Waals surface area contributed by atoms with Gasteiger partial charge in [0.15, 0.2) is 0 Å². The summed E-state index contributed by atoms with van der Waals surface area (Å²) >= 11 is 11.8. The van der Waals surface area contributed by atoms with Crippen LogP contribution in [0.4, 0.5) is 5.69 Å². The summed E-state index contributed by atoms with van der Waals surface area (Å²) in [5, 5.41) is 3.56. The maximum Gasteiger partial charge on any atom is 0.239 e. The Labute approximate surface area is 164 Å². The van der Waals surface area contributed by atoms with Crippen LogP contribution in [0.15, 0.2) is 18.2 Å². The van der Waals surface area contributed by atoms with Gasteiger partial charge in [-0.05, 0) is 46.0 Å². The third-order valence-electron chi connectivity index (χ3n) is 4.35. The molecule has 1 N–H and O–H groups in total. The molecule has 0 radical (unpaired) electrons. The first-order valence-electron chi connectivity index (χ1n) is 8.56. The summed E-state index contributed by atoms with van der Waals surface area (Å²) in [4.78, 5) is 28.5. The molecule has 1 saturated heterocycles. The molecule has 144 valence electrons. The van der Waals surface area contributed by atoms with Crippen molar-refractivity contribution in [1.29, 1.82) is 0 Å². The fourth-order valence-electron chi connectivity index (χ4n) is 2.95. The summed E-state index contributed by atoms with van der Waals surface area (Å²) in [7, 11) is 1.75. The lowest BCUT2D eigenvalue weighted by Crippen LogP contribution is -2.54. The molecule has 8 heteroatoms. The molecule has 2 rings (SSSR count). The van der Waals surface area contributed by atoms with Crippen LogP contribution in [-0.4, -0.2) is 66.5 Å². The lowest BCUT2D eigenvalue weighted by atomic mass is 10.2. The van der Waals surface area contributed by atoms with E-state index in [0.29, 0.717) is 28.8 Å². The molecule has 6 nitrogen and oxygen atoms in total. The Hall–Kier alpha value is -1.34. The molecule has 0 spiro atoms. The quantitative estimate of drug-likeness (QED) is 0.823. The van der Waals surface area contributed by atoms with Crippen molar-refractivity contribution in [2.45, 2.75) is 39.0 Å². The van der Waals surface area contributed by atoms with Crippen LogP contribution in [-0.2, 0) is 14.3 Å². The Morgan fingerprint density at radius 3 is 2.46 bits per heavy atom. The normalized spacial score (nSPS) is 21.6. The Morgan fingerprint density at radius 2 is 1.88 bits per heavy atom. The number of nitrogens with one attached hydrogen (secondary N) is 1. The molecule has 0 saturated carbocycles. The first kappa shape index (κ1) is 21.0. The minimum Gasteiger partial charge on any atom is -0.372 e. The predicted molar refractivity (Wildman–Crippen MR) is 104 cm³/mol. The lowest BCUT2D eigenvalue weighted by molar-refractivity contribution is -0.148. The number of morpholine rings is 1. The fraction of sp³-hybridized carbons (Fsp3) is 0.556. The molecule has 1 aromatic carbocycles. The van der Waals surface area contributed by atoms with Gasteiger partial charge < -0.3 is 15.0 Å². The average molecular weight is 402 g/mol. The number of nitrogens with zero attached hydrogens (tertiary/aromatic N) is 2. The van der Waals surface area contributed by atoms with E-state index in [4.69, 9.17) is 27.9 Å². The highest BCUT2D eigenvalue weighted by Gasteiger charge is 2.30. The monoisotopic (exact) mass is 401 g/mol. The largest absolute Gasteiger partial charge is 0.372 e. The van der Waals surface area contributed by atoms with Crippen molar-refractivity contribution < 1.29 is 14.3 Å². The van der Waals surface area contributed by atoms with E-state index in [1.807, 2.05) is 13.8 Å². The molecule has 26 heavy (non-hydrogen) atoms. The van der Waals surface area contributed by atoms with E-state index < -0.39 is 6.04 Å². The number of carbonyl (C=O) groups is 2. The highest BCUT2D eigenvalue weighted by atomic mass is 35.5. The molecule has 0 bridgehead atoms. The molecule has 2 amide bonds. The number of hydrogen-bond donors (Lipinski definition) is 1. The lowest BCUT2D eigenvalue weighted by Gasteiger charge is -2.38. The minimum atomic E-state index is -0.410. The molecular weight excluding hydrogens is 377 g/mol. The number of likely N-dealkylation sites (N-methyl/N-ethyl adjacent to an activating group) is 1. The molecular formula is C18H25Cl2N3O3. The second-order valence-corrected chi connectivity index (χ2v) is 7.58. The van der Waals surface area contributed by atoms with Crippen LogP contribution in [0.2, 0.25) is 10.0 Å². The van der Waals surface area contributed by atoms with Gasteiger partial charge >= 0.3 is 0 Å². The van der Waals surface area contributed by atoms with Gasteiger partial charge in [0.05, 0.1) is 34.8 Å².